The molecular weight excluding hydrogens is 498 g/mol. The predicted octanol–water partition coefficient (Wildman–Crippen LogP) is -2.43. The molecule has 2 aromatic rings. The number of fused-ring (bicyclic) bond motifs is 1. The lowest BCUT2D eigenvalue weighted by Crippen LogP contribution is -2.58. The molecule has 0 aliphatic carbocycles. The van der Waals surface area contributed by atoms with Crippen LogP contribution in [0.3, 0.4) is 0 Å². The van der Waals surface area contributed by atoms with Gasteiger partial charge in [0.1, 0.15) is 18.1 Å². The number of aliphatic carboxylic acids is 1. The second-order valence-electron chi connectivity index (χ2n) is 8.83. The van der Waals surface area contributed by atoms with E-state index in [0.29, 0.717) is 19.4 Å². The van der Waals surface area contributed by atoms with Crippen molar-refractivity contribution in [3.63, 3.8) is 0 Å². The minimum atomic E-state index is -1.55. The molecular formula is C24H35N7O7. The average Bonchev–Trinajstić information content (AvgIpc) is 3.28. The molecule has 4 unspecified atom stereocenters. The summed E-state index contributed by atoms with van der Waals surface area (Å²) in [5.74, 6) is -4.89. The molecule has 0 bridgehead atoms. The van der Waals surface area contributed by atoms with Gasteiger partial charge in [0.2, 0.25) is 23.6 Å². The molecule has 12 N–H and O–H groups in total. The Morgan fingerprint density at radius 2 is 1.55 bits per heavy atom. The molecule has 4 atom stereocenters. The van der Waals surface area contributed by atoms with Crippen molar-refractivity contribution in [3.8, 4) is 0 Å². The normalized spacial score (nSPS) is 14.2. The number of unbranched alkanes of at least 4 members (excludes halogenated alkanes) is 1. The first-order valence-corrected chi connectivity index (χ1v) is 12.1. The summed E-state index contributed by atoms with van der Waals surface area (Å²) in [6.07, 6.45) is 2.33. The van der Waals surface area contributed by atoms with Gasteiger partial charge in [0.25, 0.3) is 0 Å². The number of para-hydroxylation sites is 1. The highest BCUT2D eigenvalue weighted by atomic mass is 16.4. The van der Waals surface area contributed by atoms with Gasteiger partial charge >= 0.3 is 5.97 Å². The highest BCUT2D eigenvalue weighted by molar-refractivity contribution is 5.96. The van der Waals surface area contributed by atoms with Gasteiger partial charge in [-0.05, 0) is 43.9 Å². The summed E-state index contributed by atoms with van der Waals surface area (Å²) < 4.78 is 0. The van der Waals surface area contributed by atoms with Crippen LogP contribution < -0.4 is 33.2 Å². The summed E-state index contributed by atoms with van der Waals surface area (Å²) in [5.41, 5.74) is 18.3. The van der Waals surface area contributed by atoms with E-state index >= 15 is 0 Å². The molecule has 1 aromatic heterocycles. The number of H-pyrrole nitrogens is 1. The molecule has 208 valence electrons. The van der Waals surface area contributed by atoms with Crippen LogP contribution in [-0.4, -0.2) is 82.1 Å². The van der Waals surface area contributed by atoms with Crippen LogP contribution in [0.2, 0.25) is 0 Å². The topological polar surface area (TPSA) is 256 Å². The minimum absolute atomic E-state index is 0.0963. The van der Waals surface area contributed by atoms with E-state index in [-0.39, 0.29) is 12.8 Å². The number of amides is 4. The fourth-order valence-electron chi connectivity index (χ4n) is 3.81. The number of aliphatic hydroxyl groups is 1. The van der Waals surface area contributed by atoms with E-state index in [0.717, 1.165) is 16.5 Å². The Morgan fingerprint density at radius 3 is 2.18 bits per heavy atom. The highest BCUT2D eigenvalue weighted by Gasteiger charge is 2.31. The first-order valence-electron chi connectivity index (χ1n) is 12.1. The summed E-state index contributed by atoms with van der Waals surface area (Å²) in [6.45, 7) is -0.516. The van der Waals surface area contributed by atoms with Crippen LogP contribution in [0, 0.1) is 0 Å². The number of hydrogen-bond donors (Lipinski definition) is 9. The van der Waals surface area contributed by atoms with Gasteiger partial charge in [0.15, 0.2) is 0 Å². The third kappa shape index (κ3) is 8.83. The van der Waals surface area contributed by atoms with Crippen LogP contribution in [0.15, 0.2) is 30.5 Å². The summed E-state index contributed by atoms with van der Waals surface area (Å²) >= 11 is 0. The lowest BCUT2D eigenvalue weighted by atomic mass is 10.0. The Morgan fingerprint density at radius 1 is 0.921 bits per heavy atom. The molecule has 1 aromatic carbocycles. The fourth-order valence-corrected chi connectivity index (χ4v) is 3.81. The van der Waals surface area contributed by atoms with Gasteiger partial charge in [-0.3, -0.25) is 19.2 Å². The van der Waals surface area contributed by atoms with Crippen LogP contribution in [0.5, 0.6) is 0 Å². The quantitative estimate of drug-likeness (QED) is 0.104. The molecule has 0 saturated heterocycles. The van der Waals surface area contributed by atoms with Crippen molar-refractivity contribution >= 4 is 40.5 Å². The number of benzene rings is 1. The molecule has 0 fully saturated rings. The SMILES string of the molecule is NCCCCC(NC(=O)C(CO)NC(=O)C(CC(N)=O)NC(=O)C(N)Cc1c[nH]c2ccccc12)C(=O)O. The van der Waals surface area contributed by atoms with E-state index < -0.39 is 66.8 Å². The van der Waals surface area contributed by atoms with E-state index in [9.17, 15) is 34.2 Å². The molecule has 2 rings (SSSR count). The van der Waals surface area contributed by atoms with Crippen molar-refractivity contribution in [2.24, 2.45) is 17.2 Å². The molecule has 0 saturated carbocycles. The number of aromatic nitrogens is 1. The van der Waals surface area contributed by atoms with Crippen molar-refractivity contribution in [1.29, 1.82) is 0 Å². The first kappa shape index (κ1) is 30.2. The molecule has 14 nitrogen and oxygen atoms in total. The standard InChI is InChI=1S/C24H35N7O7/c25-8-4-3-7-17(24(37)38)29-23(36)19(12-32)31-22(35)18(10-20(27)33)30-21(34)15(26)9-13-11-28-16-6-2-1-5-14(13)16/h1-2,5-6,11,15,17-19,28,32H,3-4,7-10,12,25-26H2,(H2,27,33)(H,29,36)(H,30,34)(H,31,35)(H,37,38). The molecule has 0 spiro atoms. The molecule has 1 heterocycles. The molecule has 0 aliphatic heterocycles. The zero-order valence-electron chi connectivity index (χ0n) is 20.8. The van der Waals surface area contributed by atoms with Crippen LogP contribution in [-0.2, 0) is 30.4 Å². The molecule has 0 radical (unpaired) electrons. The number of nitrogens with one attached hydrogen (secondary N) is 4. The second-order valence-corrected chi connectivity index (χ2v) is 8.83. The zero-order valence-corrected chi connectivity index (χ0v) is 20.8. The Hall–Kier alpha value is -4.01. The van der Waals surface area contributed by atoms with E-state index in [4.69, 9.17) is 17.2 Å². The van der Waals surface area contributed by atoms with E-state index in [1.165, 1.54) is 0 Å². The van der Waals surface area contributed by atoms with Gasteiger partial charge in [-0.15, -0.1) is 0 Å². The van der Waals surface area contributed by atoms with Crippen LogP contribution in [0.1, 0.15) is 31.2 Å². The summed E-state index contributed by atoms with van der Waals surface area (Å²) in [5, 5.41) is 26.7. The average molecular weight is 534 g/mol. The monoisotopic (exact) mass is 533 g/mol. The number of carboxylic acid groups (broad SMARTS) is 1. The van der Waals surface area contributed by atoms with Gasteiger partial charge in [-0.1, -0.05) is 18.2 Å². The van der Waals surface area contributed by atoms with Crippen molar-refractivity contribution in [1.82, 2.24) is 20.9 Å². The van der Waals surface area contributed by atoms with Crippen LogP contribution in [0.25, 0.3) is 10.9 Å². The summed E-state index contributed by atoms with van der Waals surface area (Å²) in [6, 6.07) is 2.04. The molecule has 0 aliphatic rings. The fraction of sp³-hybridized carbons (Fsp3) is 0.458. The van der Waals surface area contributed by atoms with Gasteiger partial charge in [0.05, 0.1) is 19.1 Å². The third-order valence-electron chi connectivity index (χ3n) is 5.87. The largest absolute Gasteiger partial charge is 0.480 e. The number of nitrogens with two attached hydrogens (primary N) is 3. The Balaban J connectivity index is 2.04. The maximum absolute atomic E-state index is 12.8. The number of carboxylic acids is 1. The van der Waals surface area contributed by atoms with E-state index in [2.05, 4.69) is 20.9 Å². The molecule has 38 heavy (non-hydrogen) atoms. The lowest BCUT2D eigenvalue weighted by molar-refractivity contribution is -0.143. The van der Waals surface area contributed by atoms with Gasteiger partial charge in [0, 0.05) is 17.1 Å². The first-order chi connectivity index (χ1) is 18.1. The summed E-state index contributed by atoms with van der Waals surface area (Å²) in [7, 11) is 0. The number of carbonyl (C=O) groups is 5. The maximum Gasteiger partial charge on any atom is 0.326 e. The number of primary amides is 1. The van der Waals surface area contributed by atoms with Crippen LogP contribution >= 0.6 is 0 Å². The summed E-state index contributed by atoms with van der Waals surface area (Å²) in [4.78, 5) is 64.2. The Kier molecular flexibility index (Phi) is 11.7. The highest BCUT2D eigenvalue weighted by Crippen LogP contribution is 2.18. The van der Waals surface area contributed by atoms with E-state index in [1.807, 2.05) is 24.3 Å². The minimum Gasteiger partial charge on any atom is -0.480 e. The van der Waals surface area contributed by atoms with Gasteiger partial charge < -0.3 is 48.3 Å². The smallest absolute Gasteiger partial charge is 0.326 e. The van der Waals surface area contributed by atoms with Crippen molar-refractivity contribution < 1.29 is 34.2 Å². The zero-order chi connectivity index (χ0) is 28.2. The predicted molar refractivity (Wildman–Crippen MR) is 137 cm³/mol. The maximum atomic E-state index is 12.8. The van der Waals surface area contributed by atoms with Crippen molar-refractivity contribution in [3.05, 3.63) is 36.0 Å². The number of hydrogen-bond acceptors (Lipinski definition) is 8. The van der Waals surface area contributed by atoms with Crippen molar-refractivity contribution in [2.45, 2.75) is 56.3 Å². The molecule has 14 heteroatoms. The van der Waals surface area contributed by atoms with Crippen LogP contribution in [0.4, 0.5) is 0 Å². The van der Waals surface area contributed by atoms with E-state index in [1.54, 1.807) is 6.20 Å². The number of carbonyl (C=O) groups excluding carboxylic acids is 4. The Bertz CT molecular complexity index is 1140. The number of rotatable bonds is 16. The number of aliphatic hydroxyl groups excluding tert-OH is 1. The molecule has 4 amide bonds. The van der Waals surface area contributed by atoms with Crippen molar-refractivity contribution in [2.75, 3.05) is 13.2 Å². The second kappa shape index (κ2) is 14.7. The van der Waals surface area contributed by atoms with Gasteiger partial charge in [-0.2, -0.15) is 0 Å². The Labute approximate surface area is 218 Å². The lowest BCUT2D eigenvalue weighted by Gasteiger charge is -2.24. The third-order valence-corrected chi connectivity index (χ3v) is 5.87. The number of aromatic amines is 1. The van der Waals surface area contributed by atoms with Gasteiger partial charge in [-0.25, -0.2) is 4.79 Å².